The summed E-state index contributed by atoms with van der Waals surface area (Å²) < 4.78 is 5.39. The van der Waals surface area contributed by atoms with Crippen molar-refractivity contribution in [2.45, 2.75) is 38.1 Å². The highest BCUT2D eigenvalue weighted by atomic mass is 16.5. The molecule has 1 aliphatic heterocycles. The second-order valence-electron chi connectivity index (χ2n) is 7.09. The van der Waals surface area contributed by atoms with Gasteiger partial charge in [-0.25, -0.2) is 4.99 Å². The Kier molecular flexibility index (Phi) is 6.23. The molecule has 150 valence electrons. The quantitative estimate of drug-likeness (QED) is 0.817. The van der Waals surface area contributed by atoms with Gasteiger partial charge in [0.2, 0.25) is 5.91 Å². The summed E-state index contributed by atoms with van der Waals surface area (Å²) in [7, 11) is 3.36. The zero-order valence-corrected chi connectivity index (χ0v) is 16.6. The predicted molar refractivity (Wildman–Crippen MR) is 112 cm³/mol. The summed E-state index contributed by atoms with van der Waals surface area (Å²) >= 11 is 0. The molecule has 1 aliphatic carbocycles. The van der Waals surface area contributed by atoms with E-state index in [-0.39, 0.29) is 5.91 Å². The van der Waals surface area contributed by atoms with Crippen LogP contribution in [0.4, 0.5) is 5.69 Å². The molecule has 1 aromatic carbocycles. The number of benzene rings is 1. The van der Waals surface area contributed by atoms with Crippen molar-refractivity contribution in [1.82, 2.24) is 9.80 Å². The number of para-hydroxylation sites is 2. The molecule has 1 aromatic rings. The Labute approximate surface area is 166 Å². The summed E-state index contributed by atoms with van der Waals surface area (Å²) in [5, 5.41) is 3.21. The fourth-order valence-corrected chi connectivity index (χ4v) is 3.86. The monoisotopic (exact) mass is 383 g/mol. The van der Waals surface area contributed by atoms with Crippen molar-refractivity contribution in [1.29, 1.82) is 0 Å². The maximum Gasteiger partial charge on any atom is 0.228 e. The van der Waals surface area contributed by atoms with Gasteiger partial charge in [0.15, 0.2) is 5.84 Å². The average molecular weight is 383 g/mol. The fraction of sp³-hybridized carbons (Fsp3) is 0.429. The number of amidine groups is 1. The number of methoxy groups -OCH3 is 1. The number of rotatable bonds is 5. The normalized spacial score (nSPS) is 21.3. The third-order valence-corrected chi connectivity index (χ3v) is 5.35. The van der Waals surface area contributed by atoms with Crippen LogP contribution >= 0.6 is 0 Å². The Morgan fingerprint density at radius 3 is 2.75 bits per heavy atom. The van der Waals surface area contributed by atoms with E-state index in [2.05, 4.69) is 16.8 Å². The number of likely N-dealkylation sites (N-methyl/N-ethyl adjacent to an activating group) is 1. The zero-order valence-electron chi connectivity index (χ0n) is 16.6. The van der Waals surface area contributed by atoms with E-state index < -0.39 is 0 Å². The van der Waals surface area contributed by atoms with Crippen molar-refractivity contribution in [3.8, 4) is 5.75 Å². The van der Waals surface area contributed by atoms with Crippen LogP contribution in [-0.2, 0) is 4.79 Å². The van der Waals surface area contributed by atoms with Crippen LogP contribution in [0.25, 0.3) is 0 Å². The predicted octanol–water partition coefficient (Wildman–Crippen LogP) is 2.88. The molecular formula is C21H29N5O2. The number of ether oxygens (including phenoxy) is 1. The van der Waals surface area contributed by atoms with Gasteiger partial charge in [-0.15, -0.1) is 0 Å². The summed E-state index contributed by atoms with van der Waals surface area (Å²) in [6.45, 7) is 4.70. The van der Waals surface area contributed by atoms with Crippen molar-refractivity contribution in [2.75, 3.05) is 26.0 Å². The smallest absolute Gasteiger partial charge is 0.228 e. The first kappa shape index (κ1) is 19.8. The van der Waals surface area contributed by atoms with Crippen LogP contribution in [-0.4, -0.2) is 48.3 Å². The number of nitrogens with two attached hydrogens (primary N) is 1. The van der Waals surface area contributed by atoms with Gasteiger partial charge in [-0.1, -0.05) is 31.6 Å². The summed E-state index contributed by atoms with van der Waals surface area (Å²) in [5.41, 5.74) is 7.31. The summed E-state index contributed by atoms with van der Waals surface area (Å²) in [6, 6.07) is 7.96. The highest BCUT2D eigenvalue weighted by Crippen LogP contribution is 2.29. The number of nitrogens with zero attached hydrogens (tertiary/aromatic N) is 3. The molecule has 1 amide bonds. The fourth-order valence-electron chi connectivity index (χ4n) is 3.86. The molecule has 0 atom stereocenters. The van der Waals surface area contributed by atoms with Crippen LogP contribution in [0.1, 0.15) is 32.1 Å². The summed E-state index contributed by atoms with van der Waals surface area (Å²) in [4.78, 5) is 21.0. The number of carbonyl (C=O) groups is 1. The Balaban J connectivity index is 1.94. The average Bonchev–Trinajstić information content (AvgIpc) is 3.19. The number of amides is 1. The number of hydrogen-bond acceptors (Lipinski definition) is 5. The van der Waals surface area contributed by atoms with Crippen LogP contribution in [0.15, 0.2) is 53.6 Å². The highest BCUT2D eigenvalue weighted by Gasteiger charge is 2.33. The van der Waals surface area contributed by atoms with Crippen molar-refractivity contribution in [3.63, 3.8) is 0 Å². The van der Waals surface area contributed by atoms with E-state index in [1.165, 1.54) is 19.0 Å². The van der Waals surface area contributed by atoms with Crippen molar-refractivity contribution in [3.05, 3.63) is 48.6 Å². The highest BCUT2D eigenvalue weighted by molar-refractivity contribution is 6.03. The van der Waals surface area contributed by atoms with Crippen molar-refractivity contribution in [2.24, 2.45) is 10.7 Å². The molecule has 2 fully saturated rings. The van der Waals surface area contributed by atoms with E-state index in [1.807, 2.05) is 24.3 Å². The molecule has 1 heterocycles. The molecule has 1 saturated heterocycles. The van der Waals surface area contributed by atoms with Gasteiger partial charge in [0, 0.05) is 32.3 Å². The van der Waals surface area contributed by atoms with Crippen LogP contribution in [0.2, 0.25) is 0 Å². The Hall–Kier alpha value is -2.96. The maximum absolute atomic E-state index is 12.4. The molecular weight excluding hydrogens is 354 g/mol. The van der Waals surface area contributed by atoms with Gasteiger partial charge >= 0.3 is 0 Å². The zero-order chi connectivity index (χ0) is 20.1. The lowest BCUT2D eigenvalue weighted by Crippen LogP contribution is -2.41. The summed E-state index contributed by atoms with van der Waals surface area (Å²) in [6.07, 6.45) is 6.49. The number of hydrogen-bond donors (Lipinski definition) is 2. The minimum Gasteiger partial charge on any atom is -0.495 e. The third-order valence-electron chi connectivity index (χ3n) is 5.35. The second-order valence-corrected chi connectivity index (χ2v) is 7.09. The topological polar surface area (TPSA) is 83.2 Å². The third kappa shape index (κ3) is 4.13. The SMILES string of the molecule is C=C(/N=C1\C(=C/N)N(C)C(=O)CCN1C1CCCC1)Nc1ccccc1OC. The van der Waals surface area contributed by atoms with Gasteiger partial charge in [0.1, 0.15) is 17.3 Å². The minimum atomic E-state index is 0.0354. The van der Waals surface area contributed by atoms with Crippen LogP contribution in [0.5, 0.6) is 5.75 Å². The molecule has 0 unspecified atom stereocenters. The largest absolute Gasteiger partial charge is 0.495 e. The van der Waals surface area contributed by atoms with E-state index >= 15 is 0 Å². The van der Waals surface area contributed by atoms with E-state index in [1.54, 1.807) is 19.1 Å². The molecule has 0 spiro atoms. The molecule has 0 radical (unpaired) electrons. The van der Waals surface area contributed by atoms with E-state index in [9.17, 15) is 4.79 Å². The van der Waals surface area contributed by atoms with Gasteiger partial charge in [0.05, 0.1) is 12.8 Å². The van der Waals surface area contributed by atoms with E-state index in [0.717, 1.165) is 18.5 Å². The van der Waals surface area contributed by atoms with Gasteiger partial charge in [-0.05, 0) is 25.0 Å². The maximum atomic E-state index is 12.4. The van der Waals surface area contributed by atoms with Gasteiger partial charge in [0.25, 0.3) is 0 Å². The Morgan fingerprint density at radius 1 is 1.36 bits per heavy atom. The molecule has 0 bridgehead atoms. The van der Waals surface area contributed by atoms with Crippen molar-refractivity contribution < 1.29 is 9.53 Å². The van der Waals surface area contributed by atoms with E-state index in [4.69, 9.17) is 15.5 Å². The Bertz CT molecular complexity index is 796. The standard InChI is InChI=1S/C21H29N5O2/c1-15(23-17-10-6-7-11-19(17)28-3)24-21-18(14-22)25(2)20(27)12-13-26(21)16-8-4-5-9-16/h6-7,10-11,14,16,23H,1,4-5,8-9,12-13,22H2,2-3H3/b18-14+,24-21+. The first-order valence-corrected chi connectivity index (χ1v) is 9.68. The number of nitrogens with one attached hydrogen (secondary N) is 1. The van der Waals surface area contributed by atoms with Crippen LogP contribution < -0.4 is 15.8 Å². The summed E-state index contributed by atoms with van der Waals surface area (Å²) in [5.74, 6) is 1.90. The van der Waals surface area contributed by atoms with Gasteiger partial charge < -0.3 is 25.6 Å². The lowest BCUT2D eigenvalue weighted by molar-refractivity contribution is -0.127. The van der Waals surface area contributed by atoms with Gasteiger partial charge in [-0.2, -0.15) is 0 Å². The number of aliphatic imine (C=N–C) groups is 1. The number of anilines is 1. The molecule has 3 N–H and O–H groups in total. The molecule has 1 saturated carbocycles. The minimum absolute atomic E-state index is 0.0354. The second kappa shape index (κ2) is 8.82. The first-order valence-electron chi connectivity index (χ1n) is 9.68. The lowest BCUT2D eigenvalue weighted by atomic mass is 10.2. The molecule has 7 nitrogen and oxygen atoms in total. The first-order chi connectivity index (χ1) is 13.5. The van der Waals surface area contributed by atoms with Crippen LogP contribution in [0, 0.1) is 0 Å². The molecule has 0 aromatic heterocycles. The molecule has 3 rings (SSSR count). The van der Waals surface area contributed by atoms with Crippen LogP contribution in [0.3, 0.4) is 0 Å². The molecule has 7 heteroatoms. The lowest BCUT2D eigenvalue weighted by Gasteiger charge is -2.31. The van der Waals surface area contributed by atoms with Gasteiger partial charge in [-0.3, -0.25) is 4.79 Å². The molecule has 28 heavy (non-hydrogen) atoms. The molecule has 2 aliphatic rings. The Morgan fingerprint density at radius 2 is 2.07 bits per heavy atom. The van der Waals surface area contributed by atoms with E-state index in [0.29, 0.717) is 42.1 Å². The number of carbonyl (C=O) groups excluding carboxylic acids is 1. The van der Waals surface area contributed by atoms with Crippen molar-refractivity contribution >= 4 is 17.4 Å².